The van der Waals surface area contributed by atoms with Gasteiger partial charge >= 0.3 is 5.97 Å². The maximum absolute atomic E-state index is 12.5. The van der Waals surface area contributed by atoms with Crippen LogP contribution >= 0.6 is 0 Å². The number of hydrogen-bond acceptors (Lipinski definition) is 3. The molecule has 1 aliphatic heterocycles. The van der Waals surface area contributed by atoms with Gasteiger partial charge in [-0.3, -0.25) is 9.78 Å². The minimum absolute atomic E-state index is 0.0211. The number of hydrogen-bond donors (Lipinski definition) is 1. The fraction of sp³-hybridized carbons (Fsp3) is 0.500. The lowest BCUT2D eigenvalue weighted by Gasteiger charge is -2.37. The fourth-order valence-corrected chi connectivity index (χ4v) is 2.66. The summed E-state index contributed by atoms with van der Waals surface area (Å²) in [5.74, 6) is -1.18. The Labute approximate surface area is 112 Å². The van der Waals surface area contributed by atoms with Crippen molar-refractivity contribution in [2.24, 2.45) is 5.92 Å². The Bertz CT molecular complexity index is 501. The van der Waals surface area contributed by atoms with Crippen LogP contribution in [0.2, 0.25) is 0 Å². The quantitative estimate of drug-likeness (QED) is 0.881. The zero-order valence-electron chi connectivity index (χ0n) is 11.2. The number of carbonyl (C=O) groups excluding carboxylic acids is 1. The number of pyridine rings is 1. The Morgan fingerprint density at radius 1 is 1.47 bits per heavy atom. The average Bonchev–Trinajstić information content (AvgIpc) is 2.37. The summed E-state index contributed by atoms with van der Waals surface area (Å²) in [6.07, 6.45) is 3.31. The molecule has 5 heteroatoms. The number of piperidine rings is 1. The summed E-state index contributed by atoms with van der Waals surface area (Å²) < 4.78 is 0. The molecule has 0 saturated carbocycles. The van der Waals surface area contributed by atoms with Gasteiger partial charge in [-0.15, -0.1) is 0 Å². The summed E-state index contributed by atoms with van der Waals surface area (Å²) in [4.78, 5) is 29.5. The molecule has 102 valence electrons. The first-order valence-electron chi connectivity index (χ1n) is 6.47. The van der Waals surface area contributed by atoms with Crippen LogP contribution in [-0.4, -0.2) is 39.5 Å². The number of aryl methyl sites for hydroxylation is 1. The van der Waals surface area contributed by atoms with Crippen LogP contribution in [0.15, 0.2) is 18.3 Å². The highest BCUT2D eigenvalue weighted by Crippen LogP contribution is 2.25. The molecule has 0 spiro atoms. The first-order chi connectivity index (χ1) is 9.02. The van der Waals surface area contributed by atoms with E-state index in [0.717, 1.165) is 12.8 Å². The van der Waals surface area contributed by atoms with Gasteiger partial charge in [0.25, 0.3) is 5.91 Å². The highest BCUT2D eigenvalue weighted by atomic mass is 16.4. The monoisotopic (exact) mass is 262 g/mol. The van der Waals surface area contributed by atoms with Crippen molar-refractivity contribution in [2.45, 2.75) is 32.7 Å². The maximum Gasteiger partial charge on any atom is 0.326 e. The van der Waals surface area contributed by atoms with E-state index in [1.807, 2.05) is 6.92 Å². The van der Waals surface area contributed by atoms with Crippen LogP contribution in [0.3, 0.4) is 0 Å². The number of aliphatic carboxylic acids is 1. The molecule has 2 unspecified atom stereocenters. The van der Waals surface area contributed by atoms with Crippen molar-refractivity contribution in [3.05, 3.63) is 29.6 Å². The minimum atomic E-state index is -0.929. The summed E-state index contributed by atoms with van der Waals surface area (Å²) in [6, 6.07) is 2.66. The van der Waals surface area contributed by atoms with Gasteiger partial charge in [0.1, 0.15) is 6.04 Å². The van der Waals surface area contributed by atoms with E-state index in [0.29, 0.717) is 17.8 Å². The lowest BCUT2D eigenvalue weighted by molar-refractivity contribution is -0.145. The highest BCUT2D eigenvalue weighted by molar-refractivity contribution is 5.97. The summed E-state index contributed by atoms with van der Waals surface area (Å²) >= 11 is 0. The number of likely N-dealkylation sites (tertiary alicyclic amines) is 1. The van der Waals surface area contributed by atoms with E-state index in [1.165, 1.54) is 4.90 Å². The number of carbonyl (C=O) groups is 2. The van der Waals surface area contributed by atoms with E-state index < -0.39 is 12.0 Å². The molecule has 5 nitrogen and oxygen atoms in total. The van der Waals surface area contributed by atoms with Crippen molar-refractivity contribution in [3.63, 3.8) is 0 Å². The predicted octanol–water partition coefficient (Wildman–Crippen LogP) is 1.72. The van der Waals surface area contributed by atoms with Gasteiger partial charge in [-0.05, 0) is 37.8 Å². The number of rotatable bonds is 2. The van der Waals surface area contributed by atoms with Gasteiger partial charge in [-0.2, -0.15) is 0 Å². The standard InChI is InChI=1S/C14H18N2O3/c1-9-5-4-8-16(12(9)14(18)19)13(17)11-6-3-7-15-10(11)2/h3,6-7,9,12H,4-5,8H2,1-2H3,(H,18,19). The van der Waals surface area contributed by atoms with Gasteiger partial charge in [0, 0.05) is 18.4 Å². The number of carboxylic acids is 1. The van der Waals surface area contributed by atoms with Gasteiger partial charge in [0.2, 0.25) is 0 Å². The van der Waals surface area contributed by atoms with Gasteiger partial charge in [0.05, 0.1) is 5.56 Å². The van der Waals surface area contributed by atoms with Gasteiger partial charge in [-0.1, -0.05) is 6.92 Å². The Hall–Kier alpha value is -1.91. The lowest BCUT2D eigenvalue weighted by Crippen LogP contribution is -2.52. The largest absolute Gasteiger partial charge is 0.480 e. The number of carboxylic acid groups (broad SMARTS) is 1. The molecule has 1 N–H and O–H groups in total. The van der Waals surface area contributed by atoms with Crippen LogP contribution in [0, 0.1) is 12.8 Å². The average molecular weight is 262 g/mol. The fourth-order valence-electron chi connectivity index (χ4n) is 2.66. The van der Waals surface area contributed by atoms with Crippen LogP contribution in [0.25, 0.3) is 0 Å². The molecule has 0 aliphatic carbocycles. The zero-order chi connectivity index (χ0) is 14.0. The topological polar surface area (TPSA) is 70.5 Å². The second-order valence-corrected chi connectivity index (χ2v) is 5.04. The van der Waals surface area contributed by atoms with Crippen molar-refractivity contribution in [1.29, 1.82) is 0 Å². The molecule has 19 heavy (non-hydrogen) atoms. The smallest absolute Gasteiger partial charge is 0.326 e. The van der Waals surface area contributed by atoms with Crippen molar-refractivity contribution in [2.75, 3.05) is 6.54 Å². The number of amides is 1. The predicted molar refractivity (Wildman–Crippen MR) is 69.8 cm³/mol. The molecule has 1 aliphatic rings. The Morgan fingerprint density at radius 3 is 2.84 bits per heavy atom. The third-order valence-corrected chi connectivity index (χ3v) is 3.68. The summed E-state index contributed by atoms with van der Waals surface area (Å²) in [5.41, 5.74) is 1.12. The van der Waals surface area contributed by atoms with Crippen molar-refractivity contribution >= 4 is 11.9 Å². The van der Waals surface area contributed by atoms with Crippen LogP contribution in [0.5, 0.6) is 0 Å². The molecule has 1 saturated heterocycles. The molecule has 0 radical (unpaired) electrons. The second-order valence-electron chi connectivity index (χ2n) is 5.04. The summed E-state index contributed by atoms with van der Waals surface area (Å²) in [5, 5.41) is 9.33. The van der Waals surface area contributed by atoms with Crippen LogP contribution in [-0.2, 0) is 4.79 Å². The molecule has 0 aromatic carbocycles. The molecule has 2 atom stereocenters. The Balaban J connectivity index is 2.31. The molecular formula is C14H18N2O3. The van der Waals surface area contributed by atoms with E-state index in [1.54, 1.807) is 25.3 Å². The van der Waals surface area contributed by atoms with Crippen LogP contribution < -0.4 is 0 Å². The number of aromatic nitrogens is 1. The summed E-state index contributed by atoms with van der Waals surface area (Å²) in [6.45, 7) is 4.14. The maximum atomic E-state index is 12.5. The molecule has 0 bridgehead atoms. The van der Waals surface area contributed by atoms with E-state index in [2.05, 4.69) is 4.98 Å². The van der Waals surface area contributed by atoms with Crippen LogP contribution in [0.4, 0.5) is 0 Å². The Kier molecular flexibility index (Phi) is 3.83. The molecule has 1 fully saturated rings. The van der Waals surface area contributed by atoms with E-state index in [-0.39, 0.29) is 11.8 Å². The molecule has 1 aromatic rings. The normalized spacial score (nSPS) is 23.2. The first kappa shape index (κ1) is 13.5. The molecule has 1 aromatic heterocycles. The SMILES string of the molecule is Cc1ncccc1C(=O)N1CCCC(C)C1C(=O)O. The molecule has 2 heterocycles. The van der Waals surface area contributed by atoms with Gasteiger partial charge < -0.3 is 10.0 Å². The van der Waals surface area contributed by atoms with Crippen molar-refractivity contribution in [1.82, 2.24) is 9.88 Å². The Morgan fingerprint density at radius 2 is 2.21 bits per heavy atom. The van der Waals surface area contributed by atoms with E-state index in [9.17, 15) is 14.7 Å². The lowest BCUT2D eigenvalue weighted by atomic mass is 9.90. The van der Waals surface area contributed by atoms with Gasteiger partial charge in [-0.25, -0.2) is 4.79 Å². The second kappa shape index (κ2) is 5.38. The van der Waals surface area contributed by atoms with Gasteiger partial charge in [0.15, 0.2) is 0 Å². The molecule has 1 amide bonds. The minimum Gasteiger partial charge on any atom is -0.480 e. The molecular weight excluding hydrogens is 244 g/mol. The summed E-state index contributed by atoms with van der Waals surface area (Å²) in [7, 11) is 0. The van der Waals surface area contributed by atoms with Crippen molar-refractivity contribution < 1.29 is 14.7 Å². The number of nitrogens with zero attached hydrogens (tertiary/aromatic N) is 2. The van der Waals surface area contributed by atoms with Crippen LogP contribution in [0.1, 0.15) is 35.8 Å². The first-order valence-corrected chi connectivity index (χ1v) is 6.47. The third kappa shape index (κ3) is 2.59. The highest BCUT2D eigenvalue weighted by Gasteiger charge is 2.37. The van der Waals surface area contributed by atoms with E-state index in [4.69, 9.17) is 0 Å². The van der Waals surface area contributed by atoms with Crippen molar-refractivity contribution in [3.8, 4) is 0 Å². The van der Waals surface area contributed by atoms with E-state index >= 15 is 0 Å². The zero-order valence-corrected chi connectivity index (χ0v) is 11.2. The molecule has 2 rings (SSSR count). The third-order valence-electron chi connectivity index (χ3n) is 3.68.